The van der Waals surface area contributed by atoms with Gasteiger partial charge in [-0.2, -0.15) is 13.2 Å². The molecule has 1 aromatic heterocycles. The Kier molecular flexibility index (Phi) is 2.64. The molecule has 0 unspecified atom stereocenters. The molecule has 0 saturated carbocycles. The minimum absolute atomic E-state index is 0.414. The van der Waals surface area contributed by atoms with Crippen molar-refractivity contribution in [1.29, 1.82) is 0 Å². The molecule has 0 amide bonds. The van der Waals surface area contributed by atoms with Crippen molar-refractivity contribution >= 4 is 0 Å². The maximum absolute atomic E-state index is 12.5. The Bertz CT molecular complexity index is 477. The molecule has 1 radical (unpaired) electrons. The highest BCUT2D eigenvalue weighted by molar-refractivity contribution is 5.62. The molecular weight excluding hydrogens is 215 g/mol. The van der Waals surface area contributed by atoms with E-state index in [2.05, 4.69) is 11.1 Å². The van der Waals surface area contributed by atoms with E-state index in [1.54, 1.807) is 12.1 Å². The summed E-state index contributed by atoms with van der Waals surface area (Å²) in [5.41, 5.74) is 0.413. The Hall–Kier alpha value is -1.84. The van der Waals surface area contributed by atoms with Gasteiger partial charge in [0.05, 0.1) is 5.56 Å². The van der Waals surface area contributed by atoms with Crippen molar-refractivity contribution in [2.24, 2.45) is 0 Å². The molecule has 1 aromatic carbocycles. The maximum atomic E-state index is 12.5. The topological polar surface area (TPSA) is 12.9 Å². The number of aromatic nitrogens is 1. The minimum atomic E-state index is -4.32. The molecule has 0 saturated heterocycles. The Balaban J connectivity index is 2.45. The van der Waals surface area contributed by atoms with Crippen LogP contribution in [0.3, 0.4) is 0 Å². The average molecular weight is 222 g/mol. The second-order valence-corrected chi connectivity index (χ2v) is 3.22. The van der Waals surface area contributed by atoms with Gasteiger partial charge in [0.25, 0.3) is 0 Å². The van der Waals surface area contributed by atoms with Crippen LogP contribution in [0.25, 0.3) is 11.1 Å². The summed E-state index contributed by atoms with van der Waals surface area (Å²) in [4.78, 5) is 3.81. The molecular formula is C12H7F3N. The van der Waals surface area contributed by atoms with Crippen molar-refractivity contribution < 1.29 is 13.2 Å². The van der Waals surface area contributed by atoms with Crippen molar-refractivity contribution in [2.45, 2.75) is 6.18 Å². The Morgan fingerprint density at radius 2 is 1.75 bits per heavy atom. The number of nitrogens with zero attached hydrogens (tertiary/aromatic N) is 1. The van der Waals surface area contributed by atoms with Crippen LogP contribution in [0.2, 0.25) is 0 Å². The fourth-order valence-corrected chi connectivity index (χ4v) is 1.34. The normalized spacial score (nSPS) is 11.4. The molecule has 4 heteroatoms. The second-order valence-electron chi connectivity index (χ2n) is 3.22. The van der Waals surface area contributed by atoms with Gasteiger partial charge < -0.3 is 0 Å². The summed E-state index contributed by atoms with van der Waals surface area (Å²) in [5, 5.41) is 0. The third kappa shape index (κ3) is 2.21. The van der Waals surface area contributed by atoms with Crippen LogP contribution in [-0.4, -0.2) is 4.98 Å². The first kappa shape index (κ1) is 10.7. The lowest BCUT2D eigenvalue weighted by atomic mass is 10.0. The second kappa shape index (κ2) is 3.96. The van der Waals surface area contributed by atoms with E-state index >= 15 is 0 Å². The van der Waals surface area contributed by atoms with Gasteiger partial charge in [0.1, 0.15) is 0 Å². The predicted octanol–water partition coefficient (Wildman–Crippen LogP) is 3.57. The van der Waals surface area contributed by atoms with Crippen molar-refractivity contribution in [1.82, 2.24) is 4.98 Å². The SMILES string of the molecule is FC(F)(F)c1cc[c]c(-c2ccncc2)c1. The summed E-state index contributed by atoms with van der Waals surface area (Å²) in [6.45, 7) is 0. The van der Waals surface area contributed by atoms with Gasteiger partial charge in [0, 0.05) is 12.4 Å². The standard InChI is InChI=1S/C12H7F3N/c13-12(14,15)11-3-1-2-10(8-11)9-4-6-16-7-5-9/h1,3-8H. The monoisotopic (exact) mass is 222 g/mol. The Morgan fingerprint density at radius 1 is 1.06 bits per heavy atom. The number of hydrogen-bond acceptors (Lipinski definition) is 1. The van der Waals surface area contributed by atoms with E-state index < -0.39 is 11.7 Å². The fourth-order valence-electron chi connectivity index (χ4n) is 1.34. The molecule has 1 heterocycles. The Morgan fingerprint density at radius 3 is 2.38 bits per heavy atom. The van der Waals surface area contributed by atoms with Gasteiger partial charge in [0.2, 0.25) is 0 Å². The molecule has 81 valence electrons. The molecule has 16 heavy (non-hydrogen) atoms. The number of pyridine rings is 1. The quantitative estimate of drug-likeness (QED) is 0.718. The maximum Gasteiger partial charge on any atom is 0.416 e. The lowest BCUT2D eigenvalue weighted by molar-refractivity contribution is -0.137. The number of halogens is 3. The first-order valence-corrected chi connectivity index (χ1v) is 4.57. The molecule has 0 atom stereocenters. The van der Waals surface area contributed by atoms with Crippen molar-refractivity contribution in [3.05, 3.63) is 54.4 Å². The average Bonchev–Trinajstić information content (AvgIpc) is 2.29. The minimum Gasteiger partial charge on any atom is -0.265 e. The van der Waals surface area contributed by atoms with Crippen LogP contribution >= 0.6 is 0 Å². The molecule has 0 N–H and O–H groups in total. The highest BCUT2D eigenvalue weighted by atomic mass is 19.4. The summed E-state index contributed by atoms with van der Waals surface area (Å²) < 4.78 is 37.4. The van der Waals surface area contributed by atoms with Crippen LogP contribution in [0.5, 0.6) is 0 Å². The van der Waals surface area contributed by atoms with Crippen LogP contribution in [0.15, 0.2) is 42.7 Å². The van der Waals surface area contributed by atoms with E-state index in [9.17, 15) is 13.2 Å². The first-order chi connectivity index (χ1) is 7.57. The van der Waals surface area contributed by atoms with Gasteiger partial charge in [-0.3, -0.25) is 4.98 Å². The summed E-state index contributed by atoms with van der Waals surface area (Å²) in [7, 11) is 0. The van der Waals surface area contributed by atoms with Crippen LogP contribution in [0.4, 0.5) is 13.2 Å². The fraction of sp³-hybridized carbons (Fsp3) is 0.0833. The third-order valence-electron chi connectivity index (χ3n) is 2.12. The van der Waals surface area contributed by atoms with Crippen LogP contribution in [0.1, 0.15) is 5.56 Å². The van der Waals surface area contributed by atoms with E-state index in [0.717, 1.165) is 12.1 Å². The molecule has 2 rings (SSSR count). The highest BCUT2D eigenvalue weighted by Crippen LogP contribution is 2.31. The summed E-state index contributed by atoms with van der Waals surface area (Å²) in [5.74, 6) is 0. The largest absolute Gasteiger partial charge is 0.416 e. The van der Waals surface area contributed by atoms with Crippen LogP contribution in [0, 0.1) is 6.07 Å². The molecule has 0 bridgehead atoms. The number of rotatable bonds is 1. The summed E-state index contributed by atoms with van der Waals surface area (Å²) >= 11 is 0. The lowest BCUT2D eigenvalue weighted by Gasteiger charge is -2.08. The van der Waals surface area contributed by atoms with E-state index in [4.69, 9.17) is 0 Å². The zero-order valence-corrected chi connectivity index (χ0v) is 8.12. The lowest BCUT2D eigenvalue weighted by Crippen LogP contribution is -2.04. The molecule has 0 aliphatic carbocycles. The smallest absolute Gasteiger partial charge is 0.265 e. The van der Waals surface area contributed by atoms with Gasteiger partial charge in [0.15, 0.2) is 0 Å². The molecule has 1 nitrogen and oxygen atoms in total. The molecule has 2 aromatic rings. The zero-order valence-electron chi connectivity index (χ0n) is 8.12. The van der Waals surface area contributed by atoms with Crippen molar-refractivity contribution in [3.63, 3.8) is 0 Å². The van der Waals surface area contributed by atoms with Gasteiger partial charge in [-0.1, -0.05) is 6.07 Å². The van der Waals surface area contributed by atoms with Crippen molar-refractivity contribution in [3.8, 4) is 11.1 Å². The molecule has 0 aliphatic heterocycles. The Labute approximate surface area is 90.6 Å². The van der Waals surface area contributed by atoms with E-state index in [1.807, 2.05) is 0 Å². The van der Waals surface area contributed by atoms with E-state index in [0.29, 0.717) is 11.1 Å². The van der Waals surface area contributed by atoms with Gasteiger partial charge in [-0.15, -0.1) is 0 Å². The first-order valence-electron chi connectivity index (χ1n) is 4.57. The summed E-state index contributed by atoms with van der Waals surface area (Å²) in [6.07, 6.45) is -1.26. The van der Waals surface area contributed by atoms with E-state index in [-0.39, 0.29) is 0 Å². The van der Waals surface area contributed by atoms with E-state index in [1.165, 1.54) is 18.5 Å². The van der Waals surface area contributed by atoms with Crippen LogP contribution in [-0.2, 0) is 6.18 Å². The highest BCUT2D eigenvalue weighted by Gasteiger charge is 2.30. The number of hydrogen-bond donors (Lipinski definition) is 0. The third-order valence-corrected chi connectivity index (χ3v) is 2.12. The van der Waals surface area contributed by atoms with Gasteiger partial charge >= 0.3 is 6.18 Å². The van der Waals surface area contributed by atoms with Gasteiger partial charge in [-0.05, 0) is 41.5 Å². The predicted molar refractivity (Wildman–Crippen MR) is 53.5 cm³/mol. The van der Waals surface area contributed by atoms with Crippen molar-refractivity contribution in [2.75, 3.05) is 0 Å². The number of benzene rings is 1. The molecule has 0 spiro atoms. The number of alkyl halides is 3. The summed E-state index contributed by atoms with van der Waals surface area (Å²) in [6, 6.07) is 9.42. The van der Waals surface area contributed by atoms with Gasteiger partial charge in [-0.25, -0.2) is 0 Å². The van der Waals surface area contributed by atoms with Crippen LogP contribution < -0.4 is 0 Å². The molecule has 0 fully saturated rings. The zero-order chi connectivity index (χ0) is 11.6. The molecule has 0 aliphatic rings.